The zero-order valence-electron chi connectivity index (χ0n) is 13.4. The molecule has 2 aliphatic carbocycles. The number of rotatable bonds is 5. The predicted octanol–water partition coefficient (Wildman–Crippen LogP) is 3.49. The third kappa shape index (κ3) is 3.00. The molecular formula is C18H21N3O2. The molecule has 0 bridgehead atoms. The Morgan fingerprint density at radius 2 is 1.96 bits per heavy atom. The van der Waals surface area contributed by atoms with E-state index in [0.29, 0.717) is 23.3 Å². The molecule has 0 saturated heterocycles. The van der Waals surface area contributed by atoms with E-state index in [9.17, 15) is 4.79 Å². The summed E-state index contributed by atoms with van der Waals surface area (Å²) in [5.41, 5.74) is 1.57. The van der Waals surface area contributed by atoms with Crippen LogP contribution in [0.3, 0.4) is 0 Å². The Balaban J connectivity index is 1.44. The number of nitrogens with zero attached hydrogens (tertiary/aromatic N) is 3. The van der Waals surface area contributed by atoms with Crippen molar-refractivity contribution < 1.29 is 9.32 Å². The van der Waals surface area contributed by atoms with Crippen LogP contribution in [-0.4, -0.2) is 34.5 Å². The van der Waals surface area contributed by atoms with E-state index in [1.165, 1.54) is 19.3 Å². The maximum Gasteiger partial charge on any atom is 0.257 e. The summed E-state index contributed by atoms with van der Waals surface area (Å²) >= 11 is 0. The molecule has 0 atom stereocenters. The van der Waals surface area contributed by atoms with Crippen LogP contribution in [0.15, 0.2) is 28.8 Å². The van der Waals surface area contributed by atoms with E-state index in [1.54, 1.807) is 0 Å². The van der Waals surface area contributed by atoms with Gasteiger partial charge >= 0.3 is 0 Å². The summed E-state index contributed by atoms with van der Waals surface area (Å²) < 4.78 is 5.32. The highest BCUT2D eigenvalue weighted by Gasteiger charge is 2.29. The third-order valence-electron chi connectivity index (χ3n) is 4.87. The molecule has 4 rings (SSSR count). The SMILES string of the molecule is CN(CC1CCC1)C(=O)c1ccc(-c2nc(C3CC3)no2)cc1. The molecular weight excluding hydrogens is 290 g/mol. The van der Waals surface area contributed by atoms with Crippen molar-refractivity contribution in [3.8, 4) is 11.5 Å². The Hall–Kier alpha value is -2.17. The molecule has 2 aliphatic rings. The summed E-state index contributed by atoms with van der Waals surface area (Å²) in [6.45, 7) is 0.856. The van der Waals surface area contributed by atoms with Crippen LogP contribution >= 0.6 is 0 Å². The summed E-state index contributed by atoms with van der Waals surface area (Å²) in [4.78, 5) is 18.7. The van der Waals surface area contributed by atoms with Crippen LogP contribution in [0.2, 0.25) is 0 Å². The Morgan fingerprint density at radius 1 is 1.22 bits per heavy atom. The molecule has 1 heterocycles. The molecule has 0 aliphatic heterocycles. The van der Waals surface area contributed by atoms with Gasteiger partial charge in [-0.2, -0.15) is 4.98 Å². The molecule has 1 aromatic heterocycles. The molecule has 2 saturated carbocycles. The van der Waals surface area contributed by atoms with Gasteiger partial charge in [0.05, 0.1) is 0 Å². The van der Waals surface area contributed by atoms with Crippen molar-refractivity contribution in [3.63, 3.8) is 0 Å². The summed E-state index contributed by atoms with van der Waals surface area (Å²) in [6, 6.07) is 7.45. The number of benzene rings is 1. The van der Waals surface area contributed by atoms with Gasteiger partial charge in [-0.05, 0) is 55.9 Å². The number of hydrogen-bond acceptors (Lipinski definition) is 4. The maximum absolute atomic E-state index is 12.4. The molecule has 120 valence electrons. The average Bonchev–Trinajstić information content (AvgIpc) is 3.27. The minimum atomic E-state index is 0.0765. The van der Waals surface area contributed by atoms with E-state index in [4.69, 9.17) is 4.52 Å². The molecule has 2 fully saturated rings. The first-order valence-corrected chi connectivity index (χ1v) is 8.40. The van der Waals surface area contributed by atoms with Gasteiger partial charge in [0.1, 0.15) is 0 Å². The van der Waals surface area contributed by atoms with Gasteiger partial charge in [0.15, 0.2) is 5.82 Å². The minimum absolute atomic E-state index is 0.0765. The summed E-state index contributed by atoms with van der Waals surface area (Å²) in [5, 5.41) is 4.03. The average molecular weight is 311 g/mol. The first-order chi connectivity index (χ1) is 11.2. The fraction of sp³-hybridized carbons (Fsp3) is 0.500. The topological polar surface area (TPSA) is 59.2 Å². The zero-order chi connectivity index (χ0) is 15.8. The molecule has 1 amide bonds. The molecule has 2 aromatic rings. The normalized spacial score (nSPS) is 17.8. The number of aromatic nitrogens is 2. The molecule has 1 aromatic carbocycles. The quantitative estimate of drug-likeness (QED) is 0.848. The first kappa shape index (κ1) is 14.4. The van der Waals surface area contributed by atoms with Gasteiger partial charge in [0, 0.05) is 30.6 Å². The van der Waals surface area contributed by atoms with Crippen molar-refractivity contribution in [1.82, 2.24) is 15.0 Å². The Kier molecular flexibility index (Phi) is 3.63. The Morgan fingerprint density at radius 3 is 2.57 bits per heavy atom. The van der Waals surface area contributed by atoms with Crippen LogP contribution < -0.4 is 0 Å². The van der Waals surface area contributed by atoms with Gasteiger partial charge < -0.3 is 9.42 Å². The van der Waals surface area contributed by atoms with E-state index in [0.717, 1.165) is 30.8 Å². The van der Waals surface area contributed by atoms with Crippen molar-refractivity contribution in [2.24, 2.45) is 5.92 Å². The Labute approximate surface area is 135 Å². The number of carbonyl (C=O) groups excluding carboxylic acids is 1. The van der Waals surface area contributed by atoms with E-state index in [-0.39, 0.29) is 5.91 Å². The summed E-state index contributed by atoms with van der Waals surface area (Å²) in [5.74, 6) is 2.58. The number of carbonyl (C=O) groups is 1. The van der Waals surface area contributed by atoms with E-state index >= 15 is 0 Å². The van der Waals surface area contributed by atoms with Crippen LogP contribution in [0.1, 0.15) is 54.2 Å². The molecule has 5 heteroatoms. The van der Waals surface area contributed by atoms with Crippen LogP contribution in [0, 0.1) is 5.92 Å². The van der Waals surface area contributed by atoms with Crippen LogP contribution in [-0.2, 0) is 0 Å². The highest BCUT2D eigenvalue weighted by atomic mass is 16.5. The van der Waals surface area contributed by atoms with Crippen LogP contribution in [0.5, 0.6) is 0 Å². The zero-order valence-corrected chi connectivity index (χ0v) is 13.4. The van der Waals surface area contributed by atoms with E-state index in [2.05, 4.69) is 10.1 Å². The fourth-order valence-electron chi connectivity index (χ4n) is 2.98. The molecule has 0 unspecified atom stereocenters. The fourth-order valence-corrected chi connectivity index (χ4v) is 2.98. The molecule has 0 spiro atoms. The van der Waals surface area contributed by atoms with Crippen molar-refractivity contribution in [2.45, 2.75) is 38.0 Å². The van der Waals surface area contributed by atoms with Gasteiger partial charge in [-0.1, -0.05) is 11.6 Å². The molecule has 5 nitrogen and oxygen atoms in total. The second-order valence-electron chi connectivity index (χ2n) is 6.79. The van der Waals surface area contributed by atoms with Crippen molar-refractivity contribution in [2.75, 3.05) is 13.6 Å². The summed E-state index contributed by atoms with van der Waals surface area (Å²) in [7, 11) is 1.88. The highest BCUT2D eigenvalue weighted by molar-refractivity contribution is 5.94. The van der Waals surface area contributed by atoms with E-state index in [1.807, 2.05) is 36.2 Å². The molecule has 0 N–H and O–H groups in total. The van der Waals surface area contributed by atoms with Gasteiger partial charge in [-0.25, -0.2) is 0 Å². The predicted molar refractivity (Wildman–Crippen MR) is 86.0 cm³/mol. The lowest BCUT2D eigenvalue weighted by atomic mass is 9.85. The number of amides is 1. The van der Waals surface area contributed by atoms with E-state index < -0.39 is 0 Å². The molecule has 23 heavy (non-hydrogen) atoms. The van der Waals surface area contributed by atoms with Crippen LogP contribution in [0.4, 0.5) is 0 Å². The maximum atomic E-state index is 12.4. The lowest BCUT2D eigenvalue weighted by Gasteiger charge is -2.30. The number of hydrogen-bond donors (Lipinski definition) is 0. The van der Waals surface area contributed by atoms with Crippen molar-refractivity contribution in [1.29, 1.82) is 0 Å². The molecule has 0 radical (unpaired) electrons. The second-order valence-corrected chi connectivity index (χ2v) is 6.79. The standard InChI is InChI=1S/C18H21N3O2/c1-21(11-12-3-2-4-12)18(22)15-9-7-14(8-10-15)17-19-16(20-23-17)13-5-6-13/h7-10,12-13H,2-6,11H2,1H3. The minimum Gasteiger partial charge on any atom is -0.341 e. The smallest absolute Gasteiger partial charge is 0.257 e. The Bertz CT molecular complexity index is 699. The van der Waals surface area contributed by atoms with Gasteiger partial charge in [0.2, 0.25) is 0 Å². The second kappa shape index (κ2) is 5.80. The monoisotopic (exact) mass is 311 g/mol. The van der Waals surface area contributed by atoms with Gasteiger partial charge in [0.25, 0.3) is 11.8 Å². The van der Waals surface area contributed by atoms with Crippen LogP contribution in [0.25, 0.3) is 11.5 Å². The van der Waals surface area contributed by atoms with Crippen molar-refractivity contribution in [3.05, 3.63) is 35.7 Å². The lowest BCUT2D eigenvalue weighted by molar-refractivity contribution is 0.0745. The third-order valence-corrected chi connectivity index (χ3v) is 4.87. The highest BCUT2D eigenvalue weighted by Crippen LogP contribution is 2.38. The largest absolute Gasteiger partial charge is 0.341 e. The van der Waals surface area contributed by atoms with Crippen molar-refractivity contribution >= 4 is 5.91 Å². The van der Waals surface area contributed by atoms with Gasteiger partial charge in [-0.15, -0.1) is 0 Å². The first-order valence-electron chi connectivity index (χ1n) is 8.40. The lowest BCUT2D eigenvalue weighted by Crippen LogP contribution is -2.34. The summed E-state index contributed by atoms with van der Waals surface area (Å²) in [6.07, 6.45) is 6.10. The van der Waals surface area contributed by atoms with Gasteiger partial charge in [-0.3, -0.25) is 4.79 Å².